The summed E-state index contributed by atoms with van der Waals surface area (Å²) in [7, 11) is 0. The van der Waals surface area contributed by atoms with Crippen molar-refractivity contribution in [3.05, 3.63) is 54.0 Å². The van der Waals surface area contributed by atoms with Crippen LogP contribution in [0, 0.1) is 0 Å². The van der Waals surface area contributed by atoms with E-state index in [2.05, 4.69) is 27.7 Å². The number of nitrogens with zero attached hydrogens (tertiary/aromatic N) is 1. The first-order chi connectivity index (χ1) is 12.1. The smallest absolute Gasteiger partial charge is 0.255 e. The van der Waals surface area contributed by atoms with Gasteiger partial charge in [-0.3, -0.25) is 9.59 Å². The quantitative estimate of drug-likeness (QED) is 0.845. The molecule has 1 fully saturated rings. The van der Waals surface area contributed by atoms with E-state index < -0.39 is 6.04 Å². The van der Waals surface area contributed by atoms with Crippen LogP contribution in [-0.4, -0.2) is 30.9 Å². The maximum absolute atomic E-state index is 12.1. The van der Waals surface area contributed by atoms with Crippen LogP contribution >= 0.6 is 0 Å². The zero-order chi connectivity index (χ0) is 17.6. The largest absolute Gasteiger partial charge is 0.472 e. The normalized spacial score (nSPS) is 15.0. The van der Waals surface area contributed by atoms with Crippen LogP contribution in [0.15, 0.2) is 47.3 Å². The summed E-state index contributed by atoms with van der Waals surface area (Å²) in [5.74, 6) is -0.549. The molecule has 2 amide bonds. The fourth-order valence-electron chi connectivity index (χ4n) is 2.88. The van der Waals surface area contributed by atoms with E-state index in [9.17, 15) is 9.59 Å². The minimum absolute atomic E-state index is 0.222. The molecule has 0 spiro atoms. The molecule has 1 aliphatic rings. The highest BCUT2D eigenvalue weighted by molar-refractivity contribution is 5.97. The highest BCUT2D eigenvalue weighted by Crippen LogP contribution is 2.20. The molecular weight excluding hydrogens is 318 g/mol. The van der Waals surface area contributed by atoms with Crippen molar-refractivity contribution in [3.8, 4) is 0 Å². The van der Waals surface area contributed by atoms with Crippen molar-refractivity contribution in [1.29, 1.82) is 0 Å². The molecule has 2 aromatic rings. The summed E-state index contributed by atoms with van der Waals surface area (Å²) in [4.78, 5) is 26.4. The zero-order valence-electron chi connectivity index (χ0n) is 14.3. The van der Waals surface area contributed by atoms with Gasteiger partial charge < -0.3 is 20.0 Å². The number of carbonyl (C=O) groups is 2. The molecule has 2 heterocycles. The summed E-state index contributed by atoms with van der Waals surface area (Å²) in [5.41, 5.74) is 2.66. The molecule has 3 rings (SSSR count). The average Bonchev–Trinajstić information content (AvgIpc) is 3.33. The second-order valence-electron chi connectivity index (χ2n) is 6.29. The molecule has 1 saturated heterocycles. The van der Waals surface area contributed by atoms with Gasteiger partial charge in [0.05, 0.1) is 11.8 Å². The molecule has 25 heavy (non-hydrogen) atoms. The van der Waals surface area contributed by atoms with Crippen molar-refractivity contribution in [2.75, 3.05) is 18.0 Å². The zero-order valence-corrected chi connectivity index (χ0v) is 14.3. The predicted molar refractivity (Wildman–Crippen MR) is 95.4 cm³/mol. The van der Waals surface area contributed by atoms with Crippen LogP contribution in [0.3, 0.4) is 0 Å². The van der Waals surface area contributed by atoms with E-state index in [1.54, 1.807) is 13.0 Å². The Kier molecular flexibility index (Phi) is 5.38. The lowest BCUT2D eigenvalue weighted by Crippen LogP contribution is -2.44. The van der Waals surface area contributed by atoms with Crippen LogP contribution in [0.5, 0.6) is 0 Å². The van der Waals surface area contributed by atoms with E-state index in [-0.39, 0.29) is 11.8 Å². The van der Waals surface area contributed by atoms with Crippen LogP contribution in [0.1, 0.15) is 35.7 Å². The van der Waals surface area contributed by atoms with Gasteiger partial charge in [0.2, 0.25) is 5.91 Å². The molecule has 132 valence electrons. The van der Waals surface area contributed by atoms with Gasteiger partial charge in [0.15, 0.2) is 0 Å². The minimum atomic E-state index is -0.619. The lowest BCUT2D eigenvalue weighted by Gasteiger charge is -2.18. The van der Waals surface area contributed by atoms with Gasteiger partial charge in [-0.05, 0) is 43.5 Å². The number of hydrogen-bond donors (Lipinski definition) is 2. The standard InChI is InChI=1S/C19H23N3O3/c1-14(21-19(24)16-8-11-25-13-16)18(23)20-12-15-4-6-17(7-5-15)22-9-2-3-10-22/h4-8,11,13-14H,2-3,9-10,12H2,1H3,(H,20,23)(H,21,24). The second kappa shape index (κ2) is 7.88. The second-order valence-corrected chi connectivity index (χ2v) is 6.29. The number of carbonyl (C=O) groups excluding carboxylic acids is 2. The third kappa shape index (κ3) is 4.41. The van der Waals surface area contributed by atoms with Crippen LogP contribution in [-0.2, 0) is 11.3 Å². The molecule has 6 heteroatoms. The number of benzene rings is 1. The van der Waals surface area contributed by atoms with Gasteiger partial charge in [-0.25, -0.2) is 0 Å². The van der Waals surface area contributed by atoms with Gasteiger partial charge in [0.1, 0.15) is 12.3 Å². The minimum Gasteiger partial charge on any atom is -0.472 e. The number of anilines is 1. The Hall–Kier alpha value is -2.76. The number of furan rings is 1. The third-order valence-electron chi connectivity index (χ3n) is 4.40. The first-order valence-electron chi connectivity index (χ1n) is 8.58. The van der Waals surface area contributed by atoms with Gasteiger partial charge in [0, 0.05) is 25.3 Å². The monoisotopic (exact) mass is 341 g/mol. The first kappa shape index (κ1) is 17.1. The Morgan fingerprint density at radius 2 is 1.88 bits per heavy atom. The van der Waals surface area contributed by atoms with Gasteiger partial charge >= 0.3 is 0 Å². The van der Waals surface area contributed by atoms with Crippen molar-refractivity contribution < 1.29 is 14.0 Å². The number of rotatable bonds is 6. The average molecular weight is 341 g/mol. The van der Waals surface area contributed by atoms with E-state index in [1.165, 1.54) is 31.1 Å². The lowest BCUT2D eigenvalue weighted by atomic mass is 10.2. The van der Waals surface area contributed by atoms with Crippen molar-refractivity contribution in [1.82, 2.24) is 10.6 Å². The summed E-state index contributed by atoms with van der Waals surface area (Å²) >= 11 is 0. The molecule has 0 aliphatic carbocycles. The van der Waals surface area contributed by atoms with E-state index in [1.807, 2.05) is 12.1 Å². The molecule has 1 aliphatic heterocycles. The summed E-state index contributed by atoms with van der Waals surface area (Å²) in [6, 6.07) is 9.19. The number of nitrogens with one attached hydrogen (secondary N) is 2. The summed E-state index contributed by atoms with van der Waals surface area (Å²) in [5, 5.41) is 5.49. The summed E-state index contributed by atoms with van der Waals surface area (Å²) < 4.78 is 4.86. The Bertz CT molecular complexity index is 704. The summed E-state index contributed by atoms with van der Waals surface area (Å²) in [6.45, 7) is 4.32. The maximum Gasteiger partial charge on any atom is 0.255 e. The van der Waals surface area contributed by atoms with E-state index >= 15 is 0 Å². The van der Waals surface area contributed by atoms with E-state index in [0.29, 0.717) is 12.1 Å². The molecule has 1 aromatic heterocycles. The third-order valence-corrected chi connectivity index (χ3v) is 4.40. The van der Waals surface area contributed by atoms with Gasteiger partial charge in [-0.2, -0.15) is 0 Å². The lowest BCUT2D eigenvalue weighted by molar-refractivity contribution is -0.122. The molecular formula is C19H23N3O3. The van der Waals surface area contributed by atoms with Crippen LogP contribution in [0.25, 0.3) is 0 Å². The Balaban J connectivity index is 1.47. The number of hydrogen-bond acceptors (Lipinski definition) is 4. The van der Waals surface area contributed by atoms with Crippen LogP contribution in [0.4, 0.5) is 5.69 Å². The molecule has 2 N–H and O–H groups in total. The molecule has 0 saturated carbocycles. The molecule has 0 bridgehead atoms. The molecule has 1 aromatic carbocycles. The SMILES string of the molecule is CC(NC(=O)c1ccoc1)C(=O)NCc1ccc(N2CCCC2)cc1. The van der Waals surface area contributed by atoms with Gasteiger partial charge in [0.25, 0.3) is 5.91 Å². The van der Waals surface area contributed by atoms with Gasteiger partial charge in [-0.1, -0.05) is 12.1 Å². The van der Waals surface area contributed by atoms with Gasteiger partial charge in [-0.15, -0.1) is 0 Å². The van der Waals surface area contributed by atoms with Crippen LogP contribution < -0.4 is 15.5 Å². The Labute approximate surface area is 147 Å². The highest BCUT2D eigenvalue weighted by Gasteiger charge is 2.17. The predicted octanol–water partition coefficient (Wildman–Crippen LogP) is 2.31. The first-order valence-corrected chi connectivity index (χ1v) is 8.58. The molecule has 1 atom stereocenters. The molecule has 1 unspecified atom stereocenters. The van der Waals surface area contributed by atoms with Crippen molar-refractivity contribution in [2.24, 2.45) is 0 Å². The highest BCUT2D eigenvalue weighted by atomic mass is 16.3. The Morgan fingerprint density at radius 1 is 1.16 bits per heavy atom. The summed E-state index contributed by atoms with van der Waals surface area (Å²) in [6.07, 6.45) is 5.27. The molecule has 6 nitrogen and oxygen atoms in total. The Morgan fingerprint density at radius 3 is 2.52 bits per heavy atom. The van der Waals surface area contributed by atoms with Crippen molar-refractivity contribution in [3.63, 3.8) is 0 Å². The number of amides is 2. The fraction of sp³-hybridized carbons (Fsp3) is 0.368. The molecule has 0 radical (unpaired) electrons. The van der Waals surface area contributed by atoms with E-state index in [0.717, 1.165) is 18.7 Å². The van der Waals surface area contributed by atoms with E-state index in [4.69, 9.17) is 4.42 Å². The van der Waals surface area contributed by atoms with Crippen LogP contribution in [0.2, 0.25) is 0 Å². The maximum atomic E-state index is 12.1. The topological polar surface area (TPSA) is 74.6 Å². The van der Waals surface area contributed by atoms with Crippen molar-refractivity contribution in [2.45, 2.75) is 32.4 Å². The fourth-order valence-corrected chi connectivity index (χ4v) is 2.88. The van der Waals surface area contributed by atoms with Crippen molar-refractivity contribution >= 4 is 17.5 Å².